The minimum absolute atomic E-state index is 0.132. The SMILES string of the molecule is CC(C)(C)OC(=O)NC1CCC(NC2CNC(=O)C2)CC1. The van der Waals surface area contributed by atoms with Gasteiger partial charge < -0.3 is 20.7 Å². The molecule has 0 spiro atoms. The van der Waals surface area contributed by atoms with Gasteiger partial charge in [-0.3, -0.25) is 4.79 Å². The highest BCUT2D eigenvalue weighted by Crippen LogP contribution is 2.20. The Kier molecular flexibility index (Phi) is 5.08. The Hall–Kier alpha value is -1.30. The molecule has 0 aromatic heterocycles. The second-order valence-corrected chi connectivity index (χ2v) is 7.07. The van der Waals surface area contributed by atoms with Crippen LogP contribution in [0.5, 0.6) is 0 Å². The van der Waals surface area contributed by atoms with Crippen molar-refractivity contribution in [1.29, 1.82) is 0 Å². The zero-order valence-corrected chi connectivity index (χ0v) is 13.2. The maximum Gasteiger partial charge on any atom is 0.407 e. The molecule has 1 aliphatic carbocycles. The quantitative estimate of drug-likeness (QED) is 0.733. The molecular weight excluding hydrogens is 270 g/mol. The van der Waals surface area contributed by atoms with E-state index in [4.69, 9.17) is 4.74 Å². The lowest BCUT2D eigenvalue weighted by Crippen LogP contribution is -2.46. The molecule has 1 aliphatic heterocycles. The predicted molar refractivity (Wildman–Crippen MR) is 80.0 cm³/mol. The number of amides is 2. The predicted octanol–water partition coefficient (Wildman–Crippen LogP) is 1.30. The van der Waals surface area contributed by atoms with Crippen molar-refractivity contribution in [2.45, 2.75) is 76.6 Å². The van der Waals surface area contributed by atoms with Gasteiger partial charge in [-0.05, 0) is 46.5 Å². The Morgan fingerprint density at radius 2 is 1.76 bits per heavy atom. The smallest absolute Gasteiger partial charge is 0.407 e. The molecule has 6 nitrogen and oxygen atoms in total. The van der Waals surface area contributed by atoms with Gasteiger partial charge in [-0.2, -0.15) is 0 Å². The van der Waals surface area contributed by atoms with Crippen LogP contribution in [0.4, 0.5) is 4.79 Å². The van der Waals surface area contributed by atoms with Crippen LogP contribution in [0.25, 0.3) is 0 Å². The molecule has 1 atom stereocenters. The number of rotatable bonds is 3. The van der Waals surface area contributed by atoms with Crippen LogP contribution in [0, 0.1) is 0 Å². The monoisotopic (exact) mass is 297 g/mol. The number of hydrogen-bond acceptors (Lipinski definition) is 4. The van der Waals surface area contributed by atoms with E-state index in [0.717, 1.165) is 32.2 Å². The minimum atomic E-state index is -0.454. The molecule has 0 radical (unpaired) electrons. The number of carbonyl (C=O) groups excluding carboxylic acids is 2. The van der Waals surface area contributed by atoms with Crippen LogP contribution in [0.2, 0.25) is 0 Å². The van der Waals surface area contributed by atoms with Gasteiger partial charge in [0.2, 0.25) is 5.91 Å². The summed E-state index contributed by atoms with van der Waals surface area (Å²) in [5.41, 5.74) is -0.454. The maximum absolute atomic E-state index is 11.7. The van der Waals surface area contributed by atoms with E-state index in [9.17, 15) is 9.59 Å². The van der Waals surface area contributed by atoms with Crippen molar-refractivity contribution < 1.29 is 14.3 Å². The summed E-state index contributed by atoms with van der Waals surface area (Å²) in [5.74, 6) is 0.132. The molecule has 0 aromatic rings. The molecular formula is C15H27N3O3. The largest absolute Gasteiger partial charge is 0.444 e. The van der Waals surface area contributed by atoms with Crippen LogP contribution in [-0.4, -0.2) is 42.3 Å². The van der Waals surface area contributed by atoms with E-state index in [1.165, 1.54) is 0 Å². The van der Waals surface area contributed by atoms with E-state index in [-0.39, 0.29) is 24.1 Å². The molecule has 3 N–H and O–H groups in total. The molecule has 21 heavy (non-hydrogen) atoms. The third-order valence-corrected chi connectivity index (χ3v) is 3.90. The van der Waals surface area contributed by atoms with Crippen LogP contribution >= 0.6 is 0 Å². The Bertz CT molecular complexity index is 384. The molecule has 2 fully saturated rings. The summed E-state index contributed by atoms with van der Waals surface area (Å²) in [5, 5.41) is 9.32. The van der Waals surface area contributed by atoms with E-state index in [0.29, 0.717) is 12.5 Å². The Morgan fingerprint density at radius 1 is 1.14 bits per heavy atom. The number of hydrogen-bond donors (Lipinski definition) is 3. The maximum atomic E-state index is 11.7. The highest BCUT2D eigenvalue weighted by molar-refractivity contribution is 5.78. The Labute approximate surface area is 126 Å². The first kappa shape index (κ1) is 16.1. The van der Waals surface area contributed by atoms with Crippen LogP contribution in [0.3, 0.4) is 0 Å². The van der Waals surface area contributed by atoms with Gasteiger partial charge in [-0.1, -0.05) is 0 Å². The lowest BCUT2D eigenvalue weighted by Gasteiger charge is -2.31. The highest BCUT2D eigenvalue weighted by atomic mass is 16.6. The first-order valence-electron chi connectivity index (χ1n) is 7.84. The van der Waals surface area contributed by atoms with Gasteiger partial charge in [0.05, 0.1) is 0 Å². The lowest BCUT2D eigenvalue weighted by molar-refractivity contribution is -0.119. The summed E-state index contributed by atoms with van der Waals surface area (Å²) in [6, 6.07) is 0.901. The molecule has 2 aliphatic rings. The molecule has 1 heterocycles. The zero-order chi connectivity index (χ0) is 15.5. The van der Waals surface area contributed by atoms with E-state index >= 15 is 0 Å². The fourth-order valence-electron chi connectivity index (χ4n) is 2.93. The fourth-order valence-corrected chi connectivity index (χ4v) is 2.93. The number of alkyl carbamates (subject to hydrolysis) is 1. The van der Waals surface area contributed by atoms with Crippen LogP contribution in [0.15, 0.2) is 0 Å². The Balaban J connectivity index is 1.66. The summed E-state index contributed by atoms with van der Waals surface area (Å²) in [7, 11) is 0. The molecule has 6 heteroatoms. The third kappa shape index (κ3) is 5.53. The van der Waals surface area contributed by atoms with Crippen LogP contribution < -0.4 is 16.0 Å². The van der Waals surface area contributed by atoms with Gasteiger partial charge >= 0.3 is 6.09 Å². The van der Waals surface area contributed by atoms with Crippen molar-refractivity contribution in [3.8, 4) is 0 Å². The number of carbonyl (C=O) groups is 2. The van der Waals surface area contributed by atoms with E-state index in [2.05, 4.69) is 16.0 Å². The summed E-state index contributed by atoms with van der Waals surface area (Å²) in [6.07, 6.45) is 4.19. The summed E-state index contributed by atoms with van der Waals surface area (Å²) in [6.45, 7) is 6.33. The van der Waals surface area contributed by atoms with Crippen molar-refractivity contribution in [3.05, 3.63) is 0 Å². The molecule has 0 bridgehead atoms. The molecule has 2 amide bonds. The molecule has 1 saturated heterocycles. The summed E-state index contributed by atoms with van der Waals surface area (Å²) in [4.78, 5) is 22.9. The fraction of sp³-hybridized carbons (Fsp3) is 0.867. The normalized spacial score (nSPS) is 29.9. The van der Waals surface area contributed by atoms with E-state index < -0.39 is 5.60 Å². The molecule has 2 rings (SSSR count). The van der Waals surface area contributed by atoms with Crippen LogP contribution in [0.1, 0.15) is 52.9 Å². The first-order chi connectivity index (χ1) is 9.82. The number of nitrogens with one attached hydrogen (secondary N) is 3. The zero-order valence-electron chi connectivity index (χ0n) is 13.2. The van der Waals surface area contributed by atoms with Crippen molar-refractivity contribution >= 4 is 12.0 Å². The molecule has 1 saturated carbocycles. The van der Waals surface area contributed by atoms with Crippen LogP contribution in [-0.2, 0) is 9.53 Å². The van der Waals surface area contributed by atoms with E-state index in [1.54, 1.807) is 0 Å². The molecule has 1 unspecified atom stereocenters. The van der Waals surface area contributed by atoms with Crippen molar-refractivity contribution in [2.24, 2.45) is 0 Å². The standard InChI is InChI=1S/C15H27N3O3/c1-15(2,3)21-14(20)18-11-6-4-10(5-7-11)17-12-8-13(19)16-9-12/h10-12,17H,4-9H2,1-3H3,(H,16,19)(H,18,20). The summed E-state index contributed by atoms with van der Waals surface area (Å²) < 4.78 is 5.28. The molecule has 0 aromatic carbocycles. The third-order valence-electron chi connectivity index (χ3n) is 3.90. The summed E-state index contributed by atoms with van der Waals surface area (Å²) >= 11 is 0. The van der Waals surface area contributed by atoms with Gasteiger partial charge in [0.15, 0.2) is 0 Å². The van der Waals surface area contributed by atoms with Gasteiger partial charge in [-0.25, -0.2) is 4.79 Å². The molecule has 120 valence electrons. The van der Waals surface area contributed by atoms with Gasteiger partial charge in [0, 0.05) is 31.1 Å². The lowest BCUT2D eigenvalue weighted by atomic mass is 9.90. The van der Waals surface area contributed by atoms with Gasteiger partial charge in [0.1, 0.15) is 5.60 Å². The second-order valence-electron chi connectivity index (χ2n) is 7.07. The van der Waals surface area contributed by atoms with Gasteiger partial charge in [0.25, 0.3) is 0 Å². The van der Waals surface area contributed by atoms with Crippen molar-refractivity contribution in [2.75, 3.05) is 6.54 Å². The first-order valence-corrected chi connectivity index (χ1v) is 7.84. The average molecular weight is 297 g/mol. The van der Waals surface area contributed by atoms with Crippen molar-refractivity contribution in [3.63, 3.8) is 0 Å². The number of ether oxygens (including phenoxy) is 1. The van der Waals surface area contributed by atoms with E-state index in [1.807, 2.05) is 20.8 Å². The van der Waals surface area contributed by atoms with Gasteiger partial charge in [-0.15, -0.1) is 0 Å². The Morgan fingerprint density at radius 3 is 2.29 bits per heavy atom. The topological polar surface area (TPSA) is 79.5 Å². The second kappa shape index (κ2) is 6.64. The minimum Gasteiger partial charge on any atom is -0.444 e. The average Bonchev–Trinajstić information content (AvgIpc) is 2.75. The van der Waals surface area contributed by atoms with Crippen molar-refractivity contribution in [1.82, 2.24) is 16.0 Å². The highest BCUT2D eigenvalue weighted by Gasteiger charge is 2.28.